The van der Waals surface area contributed by atoms with Crippen molar-refractivity contribution >= 4 is 12.1 Å². The predicted molar refractivity (Wildman–Crippen MR) is 93.6 cm³/mol. The summed E-state index contributed by atoms with van der Waals surface area (Å²) in [5.74, 6) is -1.42. The number of benzene rings is 2. The van der Waals surface area contributed by atoms with Gasteiger partial charge in [0.1, 0.15) is 12.6 Å². The molecule has 1 unspecified atom stereocenters. The minimum Gasteiger partial charge on any atom is -0.480 e. The van der Waals surface area contributed by atoms with E-state index in [0.717, 1.165) is 22.3 Å². The Morgan fingerprint density at radius 1 is 1.15 bits per heavy atom. The van der Waals surface area contributed by atoms with Crippen molar-refractivity contribution in [2.45, 2.75) is 12.0 Å². The van der Waals surface area contributed by atoms with Crippen LogP contribution in [0.4, 0.5) is 4.79 Å². The van der Waals surface area contributed by atoms with E-state index in [2.05, 4.69) is 15.3 Å². The number of nitrogens with zero attached hydrogens (tertiary/aromatic N) is 3. The van der Waals surface area contributed by atoms with Crippen LogP contribution in [0.1, 0.15) is 17.0 Å². The summed E-state index contributed by atoms with van der Waals surface area (Å²) in [5.41, 5.74) is 12.6. The summed E-state index contributed by atoms with van der Waals surface area (Å²) in [4.78, 5) is 25.5. The first-order valence-electron chi connectivity index (χ1n) is 7.97. The van der Waals surface area contributed by atoms with Crippen LogP contribution < -0.4 is 5.32 Å². The lowest BCUT2D eigenvalue weighted by molar-refractivity contribution is -0.139. The van der Waals surface area contributed by atoms with E-state index in [1.807, 2.05) is 48.5 Å². The van der Waals surface area contributed by atoms with Crippen molar-refractivity contribution in [2.75, 3.05) is 13.2 Å². The number of rotatable bonds is 6. The number of carboxylic acids is 1. The lowest BCUT2D eigenvalue weighted by atomic mass is 9.98. The Labute approximate surface area is 149 Å². The fourth-order valence-electron chi connectivity index (χ4n) is 3.09. The number of carbonyl (C=O) groups excluding carboxylic acids is 1. The lowest BCUT2D eigenvalue weighted by Gasteiger charge is -2.16. The molecule has 0 spiro atoms. The molecule has 1 aliphatic rings. The van der Waals surface area contributed by atoms with Gasteiger partial charge in [0.15, 0.2) is 0 Å². The lowest BCUT2D eigenvalue weighted by Crippen LogP contribution is -2.43. The molecule has 0 saturated heterocycles. The molecule has 2 aromatic carbocycles. The van der Waals surface area contributed by atoms with Crippen molar-refractivity contribution in [3.05, 3.63) is 70.1 Å². The van der Waals surface area contributed by atoms with E-state index in [0.29, 0.717) is 0 Å². The molecule has 132 valence electrons. The minimum absolute atomic E-state index is 0.0771. The Morgan fingerprint density at radius 2 is 1.73 bits per heavy atom. The van der Waals surface area contributed by atoms with Crippen LogP contribution in [-0.4, -0.2) is 36.4 Å². The number of amides is 1. The van der Waals surface area contributed by atoms with Gasteiger partial charge < -0.3 is 15.2 Å². The molecule has 8 heteroatoms. The van der Waals surface area contributed by atoms with Crippen LogP contribution in [0.2, 0.25) is 0 Å². The molecule has 1 aliphatic carbocycles. The Morgan fingerprint density at radius 3 is 2.27 bits per heavy atom. The third-order valence-electron chi connectivity index (χ3n) is 4.26. The highest BCUT2D eigenvalue weighted by atomic mass is 16.5. The van der Waals surface area contributed by atoms with E-state index in [9.17, 15) is 9.59 Å². The average molecular weight is 352 g/mol. The monoisotopic (exact) mass is 352 g/mol. The first kappa shape index (κ1) is 17.3. The number of azide groups is 1. The number of carbonyl (C=O) groups is 2. The molecule has 0 bridgehead atoms. The Bertz CT molecular complexity index is 847. The zero-order valence-corrected chi connectivity index (χ0v) is 13.7. The Hall–Kier alpha value is -3.51. The van der Waals surface area contributed by atoms with Crippen LogP contribution in [0, 0.1) is 0 Å². The van der Waals surface area contributed by atoms with Gasteiger partial charge in [-0.3, -0.25) is 0 Å². The maximum Gasteiger partial charge on any atom is 0.407 e. The molecule has 0 fully saturated rings. The molecule has 2 aromatic rings. The predicted octanol–water partition coefficient (Wildman–Crippen LogP) is 3.29. The van der Waals surface area contributed by atoms with E-state index in [1.165, 1.54) is 0 Å². The molecule has 2 N–H and O–H groups in total. The van der Waals surface area contributed by atoms with Crippen LogP contribution in [0.25, 0.3) is 21.6 Å². The molecule has 1 atom stereocenters. The Balaban J connectivity index is 1.70. The zero-order valence-electron chi connectivity index (χ0n) is 13.7. The maximum atomic E-state index is 12.0. The van der Waals surface area contributed by atoms with Gasteiger partial charge in [-0.25, -0.2) is 9.59 Å². The fraction of sp³-hybridized carbons (Fsp3) is 0.222. The summed E-state index contributed by atoms with van der Waals surface area (Å²) in [6.45, 7) is -0.316. The molecule has 0 radical (unpaired) electrons. The highest BCUT2D eigenvalue weighted by molar-refractivity contribution is 5.81. The number of alkyl carbamates (subject to hydrolysis) is 1. The van der Waals surface area contributed by atoms with E-state index < -0.39 is 24.6 Å². The molecule has 0 heterocycles. The summed E-state index contributed by atoms with van der Waals surface area (Å²) in [6, 6.07) is 14.5. The summed E-state index contributed by atoms with van der Waals surface area (Å²) in [5, 5.41) is 14.4. The van der Waals surface area contributed by atoms with Crippen LogP contribution in [0.15, 0.2) is 53.6 Å². The van der Waals surface area contributed by atoms with Crippen LogP contribution in [-0.2, 0) is 9.53 Å². The molecule has 8 nitrogen and oxygen atoms in total. The largest absolute Gasteiger partial charge is 0.480 e. The van der Waals surface area contributed by atoms with Crippen LogP contribution >= 0.6 is 0 Å². The van der Waals surface area contributed by atoms with Gasteiger partial charge in [-0.2, -0.15) is 0 Å². The number of carboxylic acid groups (broad SMARTS) is 1. The second-order valence-corrected chi connectivity index (χ2v) is 5.77. The molecule has 0 aromatic heterocycles. The van der Waals surface area contributed by atoms with E-state index in [-0.39, 0.29) is 12.5 Å². The second-order valence-electron chi connectivity index (χ2n) is 5.77. The van der Waals surface area contributed by atoms with Gasteiger partial charge in [0.2, 0.25) is 0 Å². The number of aliphatic carboxylic acids is 1. The number of ether oxygens (including phenoxy) is 1. The Kier molecular flexibility index (Phi) is 5.05. The van der Waals surface area contributed by atoms with Gasteiger partial charge in [-0.1, -0.05) is 53.6 Å². The van der Waals surface area contributed by atoms with Gasteiger partial charge in [0.05, 0.1) is 6.54 Å². The molecule has 3 rings (SSSR count). The minimum atomic E-state index is -1.33. The van der Waals surface area contributed by atoms with Crippen molar-refractivity contribution in [2.24, 2.45) is 5.11 Å². The molecule has 1 amide bonds. The summed E-state index contributed by atoms with van der Waals surface area (Å²) in [7, 11) is 0. The third-order valence-corrected chi connectivity index (χ3v) is 4.26. The summed E-state index contributed by atoms with van der Waals surface area (Å²) in [6.07, 6.45) is -0.868. The van der Waals surface area contributed by atoms with E-state index in [4.69, 9.17) is 15.4 Å². The van der Waals surface area contributed by atoms with Crippen LogP contribution in [0.3, 0.4) is 0 Å². The second kappa shape index (κ2) is 7.58. The first-order chi connectivity index (χ1) is 12.6. The number of hydrogen-bond donors (Lipinski definition) is 2. The molecule has 26 heavy (non-hydrogen) atoms. The smallest absolute Gasteiger partial charge is 0.407 e. The average Bonchev–Trinajstić information content (AvgIpc) is 2.97. The van der Waals surface area contributed by atoms with Gasteiger partial charge in [-0.15, -0.1) is 0 Å². The maximum absolute atomic E-state index is 12.0. The normalized spacial score (nSPS) is 13.1. The summed E-state index contributed by atoms with van der Waals surface area (Å²) < 4.78 is 5.25. The number of fused-ring (bicyclic) bond motifs is 3. The van der Waals surface area contributed by atoms with Gasteiger partial charge in [-0.05, 0) is 27.8 Å². The van der Waals surface area contributed by atoms with Gasteiger partial charge in [0, 0.05) is 10.8 Å². The zero-order chi connectivity index (χ0) is 18.5. The van der Waals surface area contributed by atoms with E-state index in [1.54, 1.807) is 0 Å². The molecular weight excluding hydrogens is 336 g/mol. The molecule has 0 aliphatic heterocycles. The van der Waals surface area contributed by atoms with Crippen molar-refractivity contribution < 1.29 is 19.4 Å². The van der Waals surface area contributed by atoms with Crippen molar-refractivity contribution in [1.29, 1.82) is 0 Å². The van der Waals surface area contributed by atoms with Crippen molar-refractivity contribution in [3.8, 4) is 11.1 Å². The van der Waals surface area contributed by atoms with Gasteiger partial charge in [0.25, 0.3) is 0 Å². The van der Waals surface area contributed by atoms with Gasteiger partial charge >= 0.3 is 12.1 Å². The molecular formula is C18H16N4O4. The number of hydrogen-bond acceptors (Lipinski definition) is 4. The SMILES string of the molecule is [N-]=[N+]=NCC(NC(=O)OCC1c2ccccc2-c2ccccc21)C(=O)O. The topological polar surface area (TPSA) is 124 Å². The van der Waals surface area contributed by atoms with Crippen molar-refractivity contribution in [3.63, 3.8) is 0 Å². The molecule has 0 saturated carbocycles. The summed E-state index contributed by atoms with van der Waals surface area (Å²) >= 11 is 0. The third kappa shape index (κ3) is 3.45. The fourth-order valence-corrected chi connectivity index (χ4v) is 3.09. The van der Waals surface area contributed by atoms with E-state index >= 15 is 0 Å². The number of nitrogens with one attached hydrogen (secondary N) is 1. The highest BCUT2D eigenvalue weighted by Gasteiger charge is 2.29. The first-order valence-corrected chi connectivity index (χ1v) is 7.97. The standard InChI is InChI=1S/C18H16N4O4/c19-22-20-9-16(17(23)24)21-18(25)26-10-15-13-7-3-1-5-11(13)12-6-2-4-8-14(12)15/h1-8,15-16H,9-10H2,(H,21,25)(H,23,24). The van der Waals surface area contributed by atoms with Crippen molar-refractivity contribution in [1.82, 2.24) is 5.32 Å². The highest BCUT2D eigenvalue weighted by Crippen LogP contribution is 2.44. The quantitative estimate of drug-likeness (QED) is 0.470. The van der Waals surface area contributed by atoms with Crippen LogP contribution in [0.5, 0.6) is 0 Å².